The molecule has 0 saturated carbocycles. The van der Waals surface area contributed by atoms with Crippen molar-refractivity contribution < 1.29 is 0 Å². The van der Waals surface area contributed by atoms with Crippen LogP contribution in [0.3, 0.4) is 0 Å². The zero-order valence-electron chi connectivity index (χ0n) is 7.20. The Morgan fingerprint density at radius 1 is 1.75 bits per heavy atom. The van der Waals surface area contributed by atoms with Gasteiger partial charge in [0.05, 0.1) is 0 Å². The minimum atomic E-state index is 0.732. The fourth-order valence-corrected chi connectivity index (χ4v) is 0.930. The molecule has 2 N–H and O–H groups in total. The van der Waals surface area contributed by atoms with Crippen LogP contribution in [0.5, 0.6) is 0 Å². The molecule has 0 fully saturated rings. The molecular weight excluding hydrogens is 150 g/mol. The highest BCUT2D eigenvalue weighted by Crippen LogP contribution is 2.11. The summed E-state index contributed by atoms with van der Waals surface area (Å²) in [7, 11) is 1.95. The molecule has 1 rings (SSSR count). The van der Waals surface area contributed by atoms with Crippen LogP contribution in [0.4, 0.5) is 11.5 Å². The molecule has 0 bridgehead atoms. The van der Waals surface area contributed by atoms with E-state index in [9.17, 15) is 0 Å². The predicted molar refractivity (Wildman–Crippen MR) is 52.1 cm³/mol. The molecule has 1 aromatic heterocycles. The van der Waals surface area contributed by atoms with E-state index in [4.69, 9.17) is 5.73 Å². The van der Waals surface area contributed by atoms with Gasteiger partial charge in [0.2, 0.25) is 0 Å². The molecule has 0 aliphatic heterocycles. The van der Waals surface area contributed by atoms with Crippen LogP contribution in [0.15, 0.2) is 31.0 Å². The van der Waals surface area contributed by atoms with Gasteiger partial charge in [-0.15, -0.1) is 6.58 Å². The van der Waals surface area contributed by atoms with Gasteiger partial charge in [-0.2, -0.15) is 0 Å². The van der Waals surface area contributed by atoms with Crippen molar-refractivity contribution in [3.63, 3.8) is 0 Å². The van der Waals surface area contributed by atoms with Crippen LogP contribution < -0.4 is 10.6 Å². The second kappa shape index (κ2) is 3.76. The molecule has 0 radical (unpaired) electrons. The molecule has 0 aromatic carbocycles. The van der Waals surface area contributed by atoms with E-state index in [1.165, 1.54) is 0 Å². The average molecular weight is 163 g/mol. The maximum absolute atomic E-state index is 5.60. The molecule has 0 aliphatic carbocycles. The van der Waals surface area contributed by atoms with Gasteiger partial charge in [-0.1, -0.05) is 6.08 Å². The minimum absolute atomic E-state index is 0.732. The van der Waals surface area contributed by atoms with Gasteiger partial charge < -0.3 is 10.6 Å². The van der Waals surface area contributed by atoms with Gasteiger partial charge in [-0.05, 0) is 6.07 Å². The van der Waals surface area contributed by atoms with E-state index in [1.807, 2.05) is 24.1 Å². The van der Waals surface area contributed by atoms with Crippen LogP contribution in [-0.2, 0) is 0 Å². The lowest BCUT2D eigenvalue weighted by Gasteiger charge is -2.15. The highest BCUT2D eigenvalue weighted by atomic mass is 15.2. The summed E-state index contributed by atoms with van der Waals surface area (Å²) >= 11 is 0. The molecule has 1 heterocycles. The molecule has 0 unspecified atom stereocenters. The van der Waals surface area contributed by atoms with Gasteiger partial charge >= 0.3 is 0 Å². The van der Waals surface area contributed by atoms with Crippen molar-refractivity contribution in [3.05, 3.63) is 31.0 Å². The lowest BCUT2D eigenvalue weighted by Crippen LogP contribution is -2.17. The van der Waals surface area contributed by atoms with Gasteiger partial charge in [-0.3, -0.25) is 0 Å². The van der Waals surface area contributed by atoms with Gasteiger partial charge in [-0.25, -0.2) is 4.98 Å². The maximum atomic E-state index is 5.60. The molecule has 3 heteroatoms. The smallest absolute Gasteiger partial charge is 0.130 e. The zero-order chi connectivity index (χ0) is 8.97. The summed E-state index contributed by atoms with van der Waals surface area (Å²) in [5.41, 5.74) is 6.33. The SMILES string of the molecule is C=CCN(C)c1cc(N)ccn1. The molecule has 0 saturated heterocycles. The first-order valence-electron chi connectivity index (χ1n) is 3.77. The molecule has 0 aliphatic rings. The largest absolute Gasteiger partial charge is 0.399 e. The molecule has 12 heavy (non-hydrogen) atoms. The Hall–Kier alpha value is -1.51. The number of nitrogens with two attached hydrogens (primary N) is 1. The van der Waals surface area contributed by atoms with Crippen molar-refractivity contribution in [3.8, 4) is 0 Å². The van der Waals surface area contributed by atoms with Crippen LogP contribution in [0.2, 0.25) is 0 Å². The number of rotatable bonds is 3. The van der Waals surface area contributed by atoms with Crippen molar-refractivity contribution in [2.24, 2.45) is 0 Å². The Morgan fingerprint density at radius 2 is 2.50 bits per heavy atom. The number of hydrogen-bond acceptors (Lipinski definition) is 3. The minimum Gasteiger partial charge on any atom is -0.399 e. The first-order chi connectivity index (χ1) is 5.74. The predicted octanol–water partition coefficient (Wildman–Crippen LogP) is 1.29. The number of likely N-dealkylation sites (N-methyl/N-ethyl adjacent to an activating group) is 1. The van der Waals surface area contributed by atoms with Crippen molar-refractivity contribution in [2.45, 2.75) is 0 Å². The van der Waals surface area contributed by atoms with Gasteiger partial charge in [0, 0.05) is 31.5 Å². The quantitative estimate of drug-likeness (QED) is 0.683. The lowest BCUT2D eigenvalue weighted by molar-refractivity contribution is 0.992. The van der Waals surface area contributed by atoms with E-state index < -0.39 is 0 Å². The second-order valence-corrected chi connectivity index (χ2v) is 2.62. The number of hydrogen-bond donors (Lipinski definition) is 1. The summed E-state index contributed by atoms with van der Waals surface area (Å²) in [5.74, 6) is 0.870. The summed E-state index contributed by atoms with van der Waals surface area (Å²) in [6.07, 6.45) is 3.52. The fourth-order valence-electron chi connectivity index (χ4n) is 0.930. The summed E-state index contributed by atoms with van der Waals surface area (Å²) in [4.78, 5) is 6.13. The normalized spacial score (nSPS) is 9.42. The number of aromatic nitrogens is 1. The van der Waals surface area contributed by atoms with Crippen molar-refractivity contribution in [1.29, 1.82) is 0 Å². The fraction of sp³-hybridized carbons (Fsp3) is 0.222. The van der Waals surface area contributed by atoms with Gasteiger partial charge in [0.25, 0.3) is 0 Å². The van der Waals surface area contributed by atoms with E-state index in [-0.39, 0.29) is 0 Å². The third kappa shape index (κ3) is 1.99. The zero-order valence-corrected chi connectivity index (χ0v) is 7.20. The van der Waals surface area contributed by atoms with Crippen LogP contribution in [0.1, 0.15) is 0 Å². The summed E-state index contributed by atoms with van der Waals surface area (Å²) < 4.78 is 0. The number of nitrogen functional groups attached to an aromatic ring is 1. The Kier molecular flexibility index (Phi) is 2.69. The van der Waals surface area contributed by atoms with Gasteiger partial charge in [0.1, 0.15) is 5.82 Å². The average Bonchev–Trinajstić information content (AvgIpc) is 2.05. The lowest BCUT2D eigenvalue weighted by atomic mass is 10.4. The first-order valence-corrected chi connectivity index (χ1v) is 3.77. The number of nitrogens with zero attached hydrogens (tertiary/aromatic N) is 2. The molecule has 1 aromatic rings. The van der Waals surface area contributed by atoms with Gasteiger partial charge in [0.15, 0.2) is 0 Å². The summed E-state index contributed by atoms with van der Waals surface area (Å²) in [5, 5.41) is 0. The van der Waals surface area contributed by atoms with Crippen LogP contribution in [0, 0.1) is 0 Å². The molecule has 3 nitrogen and oxygen atoms in total. The molecule has 0 amide bonds. The van der Waals surface area contributed by atoms with Crippen molar-refractivity contribution >= 4 is 11.5 Å². The Bertz CT molecular complexity index is 270. The molecule has 0 spiro atoms. The van der Waals surface area contributed by atoms with Crippen LogP contribution in [0.25, 0.3) is 0 Å². The molecule has 0 atom stereocenters. The second-order valence-electron chi connectivity index (χ2n) is 2.62. The van der Waals surface area contributed by atoms with E-state index >= 15 is 0 Å². The van der Waals surface area contributed by atoms with Crippen LogP contribution >= 0.6 is 0 Å². The standard InChI is InChI=1S/C9H13N3/c1-3-6-12(2)9-7-8(10)4-5-11-9/h3-5,7H,1,6H2,2H3,(H2,10,11). The molecular formula is C9H13N3. The first kappa shape index (κ1) is 8.59. The monoisotopic (exact) mass is 163 g/mol. The molecule has 64 valence electrons. The number of pyridine rings is 1. The maximum Gasteiger partial charge on any atom is 0.130 e. The highest BCUT2D eigenvalue weighted by molar-refractivity contribution is 5.49. The topological polar surface area (TPSA) is 42.1 Å². The number of anilines is 2. The van der Waals surface area contributed by atoms with E-state index in [0.717, 1.165) is 18.1 Å². The van der Waals surface area contributed by atoms with Crippen molar-refractivity contribution in [1.82, 2.24) is 4.98 Å². The van der Waals surface area contributed by atoms with E-state index in [1.54, 1.807) is 12.3 Å². The Morgan fingerprint density at radius 3 is 3.08 bits per heavy atom. The highest BCUT2D eigenvalue weighted by Gasteiger charge is 1.98. The Labute approximate surface area is 72.5 Å². The third-order valence-electron chi connectivity index (χ3n) is 1.56. The summed E-state index contributed by atoms with van der Waals surface area (Å²) in [6.45, 7) is 4.42. The van der Waals surface area contributed by atoms with Crippen LogP contribution in [-0.4, -0.2) is 18.6 Å². The Balaban J connectivity index is 2.80. The van der Waals surface area contributed by atoms with E-state index in [0.29, 0.717) is 0 Å². The van der Waals surface area contributed by atoms with E-state index in [2.05, 4.69) is 11.6 Å². The summed E-state index contributed by atoms with van der Waals surface area (Å²) in [6, 6.07) is 3.61. The third-order valence-corrected chi connectivity index (χ3v) is 1.56. The van der Waals surface area contributed by atoms with Crippen molar-refractivity contribution in [2.75, 3.05) is 24.2 Å².